The number of carbonyl (C=O) groups is 1. The van der Waals surface area contributed by atoms with E-state index < -0.39 is 0 Å². The number of aromatic nitrogens is 1. The maximum absolute atomic E-state index is 12.4. The molecule has 0 unspecified atom stereocenters. The first-order chi connectivity index (χ1) is 16.1. The normalized spacial score (nSPS) is 14.6. The van der Waals surface area contributed by atoms with Gasteiger partial charge in [-0.15, -0.1) is 0 Å². The van der Waals surface area contributed by atoms with E-state index in [1.165, 1.54) is 23.0 Å². The van der Waals surface area contributed by atoms with Gasteiger partial charge in [0.25, 0.3) is 5.91 Å². The van der Waals surface area contributed by atoms with Crippen molar-refractivity contribution in [2.45, 2.75) is 33.5 Å². The van der Waals surface area contributed by atoms with Crippen LogP contribution >= 0.6 is 0 Å². The number of nitrogens with zero attached hydrogens (tertiary/aromatic N) is 3. The average molecular weight is 453 g/mol. The average Bonchev–Trinajstić information content (AvgIpc) is 3.51. The van der Waals surface area contributed by atoms with Gasteiger partial charge in [-0.25, -0.2) is 4.98 Å². The summed E-state index contributed by atoms with van der Waals surface area (Å²) in [4.78, 5) is 21.6. The van der Waals surface area contributed by atoms with Crippen molar-refractivity contribution in [2.24, 2.45) is 0 Å². The number of nitrogens with one attached hydrogen (secondary N) is 1. The molecule has 33 heavy (non-hydrogen) atoms. The van der Waals surface area contributed by atoms with Crippen molar-refractivity contribution in [1.82, 2.24) is 20.1 Å². The smallest absolute Gasteiger partial charge is 0.273 e. The first kappa shape index (κ1) is 23.2. The van der Waals surface area contributed by atoms with E-state index in [4.69, 9.17) is 13.6 Å². The fourth-order valence-corrected chi connectivity index (χ4v) is 3.88. The topological polar surface area (TPSA) is 84.0 Å². The van der Waals surface area contributed by atoms with Crippen LogP contribution in [0.1, 0.15) is 38.8 Å². The highest BCUT2D eigenvalue weighted by Gasteiger charge is 2.18. The summed E-state index contributed by atoms with van der Waals surface area (Å²) in [6.45, 7) is 11.2. The zero-order chi connectivity index (χ0) is 23.0. The molecular formula is C25H32N4O4. The minimum Gasteiger partial charge on any atom is -0.467 e. The van der Waals surface area contributed by atoms with E-state index in [1.807, 2.05) is 6.07 Å². The highest BCUT2D eigenvalue weighted by Crippen LogP contribution is 2.16. The summed E-state index contributed by atoms with van der Waals surface area (Å²) in [5, 5.41) is 2.80. The number of rotatable bonds is 10. The van der Waals surface area contributed by atoms with E-state index in [-0.39, 0.29) is 11.6 Å². The summed E-state index contributed by atoms with van der Waals surface area (Å²) >= 11 is 0. The Kier molecular flexibility index (Phi) is 7.93. The molecule has 3 aromatic rings. The summed E-state index contributed by atoms with van der Waals surface area (Å²) in [6, 6.07) is 10.1. The minimum atomic E-state index is -0.282. The largest absolute Gasteiger partial charge is 0.467 e. The molecule has 0 bridgehead atoms. The molecule has 0 saturated carbocycles. The maximum atomic E-state index is 12.4. The van der Waals surface area contributed by atoms with Crippen LogP contribution in [-0.4, -0.2) is 60.1 Å². The fraction of sp³-hybridized carbons (Fsp3) is 0.440. The summed E-state index contributed by atoms with van der Waals surface area (Å²) in [6.07, 6.45) is 3.00. The number of hydrogen-bond acceptors (Lipinski definition) is 7. The standard InChI is InChI=1S/C25H32N4O4/c1-19-5-6-20(2)21(14-19)16-29(8-7-28-9-12-31-13-10-28)17-24-27-23(18-33-24)25(30)26-15-22-4-3-11-32-22/h3-6,11,14,18H,7-10,12-13,15-17H2,1-2H3,(H,26,30). The van der Waals surface area contributed by atoms with E-state index in [2.05, 4.69) is 52.1 Å². The van der Waals surface area contributed by atoms with Gasteiger partial charge < -0.3 is 18.9 Å². The molecule has 1 aromatic carbocycles. The third-order valence-electron chi connectivity index (χ3n) is 5.88. The Labute approximate surface area is 194 Å². The summed E-state index contributed by atoms with van der Waals surface area (Å²) in [5.74, 6) is 0.941. The minimum absolute atomic E-state index is 0.274. The van der Waals surface area contributed by atoms with E-state index in [9.17, 15) is 4.79 Å². The molecule has 1 N–H and O–H groups in total. The van der Waals surface area contributed by atoms with Gasteiger partial charge in [-0.2, -0.15) is 0 Å². The van der Waals surface area contributed by atoms with Crippen LogP contribution in [0.3, 0.4) is 0 Å². The van der Waals surface area contributed by atoms with Crippen LogP contribution in [0.4, 0.5) is 0 Å². The van der Waals surface area contributed by atoms with E-state index in [0.717, 1.165) is 45.9 Å². The maximum Gasteiger partial charge on any atom is 0.273 e. The molecular weight excluding hydrogens is 420 g/mol. The number of aryl methyl sites for hydroxylation is 2. The molecule has 0 spiro atoms. The zero-order valence-electron chi connectivity index (χ0n) is 19.4. The van der Waals surface area contributed by atoms with Crippen LogP contribution in [0.2, 0.25) is 0 Å². The highest BCUT2D eigenvalue weighted by atomic mass is 16.5. The van der Waals surface area contributed by atoms with Gasteiger partial charge in [0, 0.05) is 32.7 Å². The number of amides is 1. The third kappa shape index (κ3) is 6.77. The fourth-order valence-electron chi connectivity index (χ4n) is 3.88. The third-order valence-corrected chi connectivity index (χ3v) is 5.88. The lowest BCUT2D eigenvalue weighted by Gasteiger charge is -2.30. The van der Waals surface area contributed by atoms with Gasteiger partial charge in [0.2, 0.25) is 5.89 Å². The summed E-state index contributed by atoms with van der Waals surface area (Å²) in [5.41, 5.74) is 4.08. The van der Waals surface area contributed by atoms with Crippen molar-refractivity contribution >= 4 is 5.91 Å². The van der Waals surface area contributed by atoms with Crippen molar-refractivity contribution in [3.8, 4) is 0 Å². The van der Waals surface area contributed by atoms with Crippen molar-refractivity contribution in [1.29, 1.82) is 0 Å². The zero-order valence-corrected chi connectivity index (χ0v) is 19.4. The summed E-state index contributed by atoms with van der Waals surface area (Å²) < 4.78 is 16.4. The second kappa shape index (κ2) is 11.3. The monoisotopic (exact) mass is 452 g/mol. The molecule has 8 nitrogen and oxygen atoms in total. The van der Waals surface area contributed by atoms with Gasteiger partial charge in [0.05, 0.1) is 32.6 Å². The Morgan fingerprint density at radius 2 is 2.00 bits per heavy atom. The lowest BCUT2D eigenvalue weighted by atomic mass is 10.1. The van der Waals surface area contributed by atoms with E-state index in [1.54, 1.807) is 12.3 Å². The predicted molar refractivity (Wildman–Crippen MR) is 124 cm³/mol. The number of furan rings is 1. The molecule has 2 aromatic heterocycles. The molecule has 3 heterocycles. The van der Waals surface area contributed by atoms with Crippen LogP contribution in [0.5, 0.6) is 0 Å². The number of benzene rings is 1. The van der Waals surface area contributed by atoms with Gasteiger partial charge in [-0.3, -0.25) is 14.6 Å². The van der Waals surface area contributed by atoms with Crippen molar-refractivity contribution in [2.75, 3.05) is 39.4 Å². The molecule has 4 rings (SSSR count). The Hall–Kier alpha value is -2.94. The van der Waals surface area contributed by atoms with Gasteiger partial charge >= 0.3 is 0 Å². The Morgan fingerprint density at radius 3 is 2.79 bits per heavy atom. The molecule has 1 aliphatic rings. The molecule has 0 atom stereocenters. The van der Waals surface area contributed by atoms with Crippen LogP contribution in [0, 0.1) is 13.8 Å². The number of hydrogen-bond donors (Lipinski definition) is 1. The first-order valence-corrected chi connectivity index (χ1v) is 11.4. The van der Waals surface area contributed by atoms with Gasteiger partial charge in [0.15, 0.2) is 5.69 Å². The molecule has 1 amide bonds. The predicted octanol–water partition coefficient (Wildman–Crippen LogP) is 3.15. The molecule has 1 aliphatic heterocycles. The second-order valence-electron chi connectivity index (χ2n) is 8.48. The van der Waals surface area contributed by atoms with Gasteiger partial charge in [-0.05, 0) is 37.1 Å². The molecule has 176 valence electrons. The van der Waals surface area contributed by atoms with E-state index in [0.29, 0.717) is 24.7 Å². The summed E-state index contributed by atoms with van der Waals surface area (Å²) in [7, 11) is 0. The lowest BCUT2D eigenvalue weighted by molar-refractivity contribution is 0.0320. The Balaban J connectivity index is 1.40. The lowest BCUT2D eigenvalue weighted by Crippen LogP contribution is -2.41. The van der Waals surface area contributed by atoms with Crippen LogP contribution in [0.25, 0.3) is 0 Å². The van der Waals surface area contributed by atoms with Gasteiger partial charge in [0.1, 0.15) is 12.0 Å². The quantitative estimate of drug-likeness (QED) is 0.506. The molecule has 0 radical (unpaired) electrons. The molecule has 1 saturated heterocycles. The van der Waals surface area contributed by atoms with Crippen molar-refractivity contribution < 1.29 is 18.4 Å². The Morgan fingerprint density at radius 1 is 1.15 bits per heavy atom. The molecule has 1 fully saturated rings. The van der Waals surface area contributed by atoms with Crippen LogP contribution < -0.4 is 5.32 Å². The molecule has 0 aliphatic carbocycles. The van der Waals surface area contributed by atoms with Crippen LogP contribution in [0.15, 0.2) is 51.7 Å². The van der Waals surface area contributed by atoms with E-state index >= 15 is 0 Å². The first-order valence-electron chi connectivity index (χ1n) is 11.4. The second-order valence-corrected chi connectivity index (χ2v) is 8.48. The number of ether oxygens (including phenoxy) is 1. The SMILES string of the molecule is Cc1ccc(C)c(CN(CCN2CCOCC2)Cc2nc(C(=O)NCc3ccco3)co2)c1. The Bertz CT molecular complexity index is 1020. The number of morpholine rings is 1. The highest BCUT2D eigenvalue weighted by molar-refractivity contribution is 5.91. The van der Waals surface area contributed by atoms with Crippen LogP contribution in [-0.2, 0) is 24.4 Å². The number of carbonyl (C=O) groups excluding carboxylic acids is 1. The van der Waals surface area contributed by atoms with Gasteiger partial charge in [-0.1, -0.05) is 23.8 Å². The van der Waals surface area contributed by atoms with Crippen molar-refractivity contribution in [3.05, 3.63) is 76.9 Å². The molecule has 8 heteroatoms. The number of oxazole rings is 1. The van der Waals surface area contributed by atoms with Crippen molar-refractivity contribution in [3.63, 3.8) is 0 Å².